The van der Waals surface area contributed by atoms with Crippen LogP contribution in [0.5, 0.6) is 0 Å². The third kappa shape index (κ3) is 7.94. The number of fused-ring (bicyclic) bond motifs is 2. The number of nitrogens with zero attached hydrogens (tertiary/aromatic N) is 6. The zero-order valence-corrected chi connectivity index (χ0v) is 34.4. The molecule has 322 valence electrons. The van der Waals surface area contributed by atoms with Crippen LogP contribution in [-0.2, 0) is 38.3 Å². The van der Waals surface area contributed by atoms with E-state index in [2.05, 4.69) is 25.5 Å². The van der Waals surface area contributed by atoms with Crippen LogP contribution in [0.15, 0.2) is 64.4 Å². The first-order chi connectivity index (χ1) is 29.3. The number of aliphatic hydroxyl groups is 1. The van der Waals surface area contributed by atoms with Gasteiger partial charge in [-0.05, 0) is 85.9 Å². The molecule has 2 aromatic carbocycles. The second-order valence-electron chi connectivity index (χ2n) is 17.0. The van der Waals surface area contributed by atoms with Crippen LogP contribution in [0.4, 0.5) is 14.7 Å². The number of halogens is 2. The molecule has 3 amide bonds. The highest BCUT2D eigenvalue weighted by atomic mass is 32.2. The molecule has 3 N–H and O–H groups in total. The molecule has 3 saturated heterocycles. The summed E-state index contributed by atoms with van der Waals surface area (Å²) < 4.78 is 57.8. The Morgan fingerprint density at radius 1 is 0.918 bits per heavy atom. The number of hydrogen-bond acceptors (Lipinski definition) is 11. The van der Waals surface area contributed by atoms with Gasteiger partial charge in [0.25, 0.3) is 17.9 Å². The maximum atomic E-state index is 13.8. The minimum atomic E-state index is -3.77. The first-order valence-electron chi connectivity index (χ1n) is 21.1. The van der Waals surface area contributed by atoms with Gasteiger partial charge in [0.15, 0.2) is 0 Å². The highest BCUT2D eigenvalue weighted by Crippen LogP contribution is 2.37. The molecule has 5 aliphatic rings. The van der Waals surface area contributed by atoms with Crippen LogP contribution in [0.25, 0.3) is 11.0 Å². The van der Waals surface area contributed by atoms with Crippen LogP contribution < -0.4 is 16.2 Å². The van der Waals surface area contributed by atoms with Gasteiger partial charge in [-0.25, -0.2) is 22.2 Å². The summed E-state index contributed by atoms with van der Waals surface area (Å²) in [6, 6.07) is 12.4. The zero-order chi connectivity index (χ0) is 42.6. The molecule has 2 aromatic heterocycles. The van der Waals surface area contributed by atoms with Crippen LogP contribution in [0, 0.1) is 0 Å². The van der Waals surface area contributed by atoms with Crippen molar-refractivity contribution in [3.05, 3.63) is 92.9 Å². The molecule has 15 nitrogen and oxygen atoms in total. The summed E-state index contributed by atoms with van der Waals surface area (Å²) >= 11 is 0. The standard InChI is InChI=1S/C43H48F2N8O7S/c44-37(45)34-22-27-23-46-42(49-38(27)53(41(34)57)31-3-1-2-4-31)47-30-13-17-51(18-14-30)61(59,60)32-8-5-26(6-9-32)24-50-19-15-43(58,16-20-50)29-7-10-33-28(21-29)25-52(40(33)56)35-11-12-36(54)48-39(35)55/h5-10,21-23,30-31,35,37,58H,1-4,11-20,24-25H2,(H,46,47,49)(H,48,54,55). The molecule has 1 aliphatic carbocycles. The number of amides is 3. The fourth-order valence-electron chi connectivity index (χ4n) is 9.70. The Hall–Kier alpha value is -5.17. The normalized spacial score (nSPS) is 22.0. The summed E-state index contributed by atoms with van der Waals surface area (Å²) in [5.74, 6) is -0.795. The van der Waals surface area contributed by atoms with Crippen LogP contribution in [-0.4, -0.2) is 98.1 Å². The molecule has 9 rings (SSSR count). The van der Waals surface area contributed by atoms with Crippen molar-refractivity contribution >= 4 is 44.7 Å². The number of likely N-dealkylation sites (tertiary alicyclic amines) is 1. The summed E-state index contributed by atoms with van der Waals surface area (Å²) in [6.45, 7) is 2.56. The minimum absolute atomic E-state index is 0.136. The molecule has 1 atom stereocenters. The van der Waals surface area contributed by atoms with E-state index >= 15 is 0 Å². The average molecular weight is 859 g/mol. The lowest BCUT2D eigenvalue weighted by Gasteiger charge is -2.38. The molecule has 0 bridgehead atoms. The molecule has 4 fully saturated rings. The number of hydrogen-bond donors (Lipinski definition) is 3. The lowest BCUT2D eigenvalue weighted by atomic mass is 9.83. The summed E-state index contributed by atoms with van der Waals surface area (Å²) in [5, 5.41) is 17.7. The molecule has 1 unspecified atom stereocenters. The number of carbonyl (C=O) groups excluding carboxylic acids is 3. The molecule has 18 heteroatoms. The molecule has 1 saturated carbocycles. The van der Waals surface area contributed by atoms with Gasteiger partial charge < -0.3 is 15.3 Å². The van der Waals surface area contributed by atoms with Crippen molar-refractivity contribution in [3.8, 4) is 0 Å². The fraction of sp³-hybridized carbons (Fsp3) is 0.488. The number of piperidine rings is 3. The topological polar surface area (TPSA) is 187 Å². The van der Waals surface area contributed by atoms with Gasteiger partial charge in [-0.3, -0.25) is 34.0 Å². The number of sulfonamides is 1. The second-order valence-corrected chi connectivity index (χ2v) is 19.0. The van der Waals surface area contributed by atoms with E-state index in [0.29, 0.717) is 61.9 Å². The van der Waals surface area contributed by atoms with Gasteiger partial charge in [0.1, 0.15) is 11.7 Å². The lowest BCUT2D eigenvalue weighted by molar-refractivity contribution is -0.136. The lowest BCUT2D eigenvalue weighted by Crippen LogP contribution is -2.52. The average Bonchev–Trinajstić information content (AvgIpc) is 3.90. The van der Waals surface area contributed by atoms with E-state index in [9.17, 15) is 41.5 Å². The predicted octanol–water partition coefficient (Wildman–Crippen LogP) is 4.35. The van der Waals surface area contributed by atoms with Gasteiger partial charge >= 0.3 is 0 Å². The van der Waals surface area contributed by atoms with Gasteiger partial charge in [0.2, 0.25) is 27.8 Å². The van der Waals surface area contributed by atoms with Crippen molar-refractivity contribution in [1.29, 1.82) is 0 Å². The minimum Gasteiger partial charge on any atom is -0.385 e. The van der Waals surface area contributed by atoms with Crippen molar-refractivity contribution in [2.24, 2.45) is 0 Å². The van der Waals surface area contributed by atoms with Crippen molar-refractivity contribution in [2.45, 2.75) is 112 Å². The van der Waals surface area contributed by atoms with E-state index in [-0.39, 0.29) is 67.2 Å². The van der Waals surface area contributed by atoms with E-state index in [1.165, 1.54) is 26.0 Å². The van der Waals surface area contributed by atoms with Crippen LogP contribution >= 0.6 is 0 Å². The van der Waals surface area contributed by atoms with Gasteiger partial charge in [-0.1, -0.05) is 37.1 Å². The van der Waals surface area contributed by atoms with Crippen molar-refractivity contribution < 1.29 is 36.7 Å². The molecular formula is C43H48F2N8O7S. The molecule has 0 spiro atoms. The Kier molecular flexibility index (Phi) is 11.0. The van der Waals surface area contributed by atoms with E-state index in [1.54, 1.807) is 24.3 Å². The summed E-state index contributed by atoms with van der Waals surface area (Å²) in [4.78, 5) is 63.3. The van der Waals surface area contributed by atoms with Gasteiger partial charge in [-0.2, -0.15) is 9.29 Å². The molecule has 6 heterocycles. The van der Waals surface area contributed by atoms with Crippen molar-refractivity contribution in [3.63, 3.8) is 0 Å². The Morgan fingerprint density at radius 2 is 1.64 bits per heavy atom. The van der Waals surface area contributed by atoms with Crippen molar-refractivity contribution in [2.75, 3.05) is 31.5 Å². The smallest absolute Gasteiger partial charge is 0.269 e. The van der Waals surface area contributed by atoms with E-state index in [4.69, 9.17) is 0 Å². The first kappa shape index (κ1) is 41.2. The number of carbonyl (C=O) groups is 3. The van der Waals surface area contributed by atoms with Crippen LogP contribution in [0.2, 0.25) is 0 Å². The van der Waals surface area contributed by atoms with Crippen molar-refractivity contribution in [1.82, 2.24) is 34.0 Å². The van der Waals surface area contributed by atoms with Crippen LogP contribution in [0.1, 0.15) is 109 Å². The maximum absolute atomic E-state index is 13.8. The quantitative estimate of drug-likeness (QED) is 0.193. The SMILES string of the molecule is O=C1CCC(N2Cc3cc(C4(O)CCN(Cc5ccc(S(=O)(=O)N6CCC(Nc7ncc8cc(C(F)F)c(=O)n(C9CCCC9)c8n7)CC6)cc5)CC4)ccc3C2=O)C(=O)N1. The Bertz CT molecular complexity index is 2550. The molecular weight excluding hydrogens is 811 g/mol. The van der Waals surface area contributed by atoms with Crippen LogP contribution in [0.3, 0.4) is 0 Å². The third-order valence-corrected chi connectivity index (χ3v) is 15.1. The second kappa shape index (κ2) is 16.3. The first-order valence-corrected chi connectivity index (χ1v) is 22.5. The summed E-state index contributed by atoms with van der Waals surface area (Å²) in [5.41, 5.74) is 0.861. The van der Waals surface area contributed by atoms with E-state index < -0.39 is 45.1 Å². The van der Waals surface area contributed by atoms with E-state index in [0.717, 1.165) is 42.4 Å². The summed E-state index contributed by atoms with van der Waals surface area (Å²) in [6.07, 6.45) is 4.17. The number of anilines is 1. The number of nitrogens with one attached hydrogen (secondary N) is 2. The van der Waals surface area contributed by atoms with E-state index in [1.807, 2.05) is 18.2 Å². The Balaban J connectivity index is 0.782. The van der Waals surface area contributed by atoms with Gasteiger partial charge in [0.05, 0.1) is 16.1 Å². The number of pyridine rings is 1. The Morgan fingerprint density at radius 3 is 2.33 bits per heavy atom. The largest absolute Gasteiger partial charge is 0.385 e. The zero-order valence-electron chi connectivity index (χ0n) is 33.6. The number of imide groups is 1. The molecule has 0 radical (unpaired) electrons. The summed E-state index contributed by atoms with van der Waals surface area (Å²) in [7, 11) is -3.77. The molecule has 4 aliphatic heterocycles. The third-order valence-electron chi connectivity index (χ3n) is 13.2. The number of benzene rings is 2. The number of rotatable bonds is 10. The maximum Gasteiger partial charge on any atom is 0.269 e. The Labute approximate surface area is 351 Å². The highest BCUT2D eigenvalue weighted by Gasteiger charge is 2.41. The predicted molar refractivity (Wildman–Crippen MR) is 219 cm³/mol. The molecule has 61 heavy (non-hydrogen) atoms. The monoisotopic (exact) mass is 858 g/mol. The van der Waals surface area contributed by atoms with Gasteiger partial charge in [0, 0.05) is 74.9 Å². The fourth-order valence-corrected chi connectivity index (χ4v) is 11.2. The number of aromatic nitrogens is 3. The highest BCUT2D eigenvalue weighted by molar-refractivity contribution is 7.89. The molecule has 4 aromatic rings. The number of alkyl halides is 2. The van der Waals surface area contributed by atoms with Gasteiger partial charge in [-0.15, -0.1) is 0 Å².